The summed E-state index contributed by atoms with van der Waals surface area (Å²) in [4.78, 5) is 6.67. The van der Waals surface area contributed by atoms with Crippen LogP contribution in [0.15, 0.2) is 54.9 Å². The van der Waals surface area contributed by atoms with Crippen molar-refractivity contribution in [2.24, 2.45) is 0 Å². The molecule has 2 heterocycles. The predicted molar refractivity (Wildman–Crippen MR) is 110 cm³/mol. The quantitative estimate of drug-likeness (QED) is 0.560. The molecule has 0 unspecified atom stereocenters. The third-order valence-corrected chi connectivity index (χ3v) is 5.06. The lowest BCUT2D eigenvalue weighted by molar-refractivity contribution is 0.259. The molecular formula is C23H30N4. The van der Waals surface area contributed by atoms with Gasteiger partial charge in [-0.05, 0) is 49.9 Å². The van der Waals surface area contributed by atoms with Crippen molar-refractivity contribution in [3.05, 3.63) is 82.9 Å². The Labute approximate surface area is 162 Å². The van der Waals surface area contributed by atoms with E-state index in [4.69, 9.17) is 5.10 Å². The van der Waals surface area contributed by atoms with E-state index in [1.165, 1.54) is 22.4 Å². The number of pyridine rings is 1. The lowest BCUT2D eigenvalue weighted by atomic mass is 10.1. The molecule has 2 aromatic heterocycles. The highest BCUT2D eigenvalue weighted by Gasteiger charge is 2.15. The molecule has 0 radical (unpaired) electrons. The number of nitrogens with zero attached hydrogens (tertiary/aromatic N) is 4. The Morgan fingerprint density at radius 1 is 0.926 bits per heavy atom. The first kappa shape index (κ1) is 19.3. The molecule has 1 aromatic carbocycles. The molecule has 0 amide bonds. The maximum atomic E-state index is 4.76. The van der Waals surface area contributed by atoms with Gasteiger partial charge in [0.1, 0.15) is 0 Å². The van der Waals surface area contributed by atoms with Crippen LogP contribution >= 0.6 is 0 Å². The molecule has 3 aromatic rings. The van der Waals surface area contributed by atoms with E-state index >= 15 is 0 Å². The first-order chi connectivity index (χ1) is 13.2. The molecule has 0 aliphatic heterocycles. The predicted octanol–water partition coefficient (Wildman–Crippen LogP) is 4.55. The van der Waals surface area contributed by atoms with Crippen molar-refractivity contribution in [1.29, 1.82) is 0 Å². The van der Waals surface area contributed by atoms with Crippen LogP contribution in [0.3, 0.4) is 0 Å². The van der Waals surface area contributed by atoms with E-state index in [0.717, 1.165) is 44.7 Å². The Morgan fingerprint density at radius 3 is 2.37 bits per heavy atom. The third kappa shape index (κ3) is 5.27. The molecular weight excluding hydrogens is 332 g/mol. The van der Waals surface area contributed by atoms with Crippen LogP contribution in [0.1, 0.15) is 41.4 Å². The second-order valence-electron chi connectivity index (χ2n) is 7.17. The van der Waals surface area contributed by atoms with Crippen LogP contribution in [0.2, 0.25) is 0 Å². The van der Waals surface area contributed by atoms with Crippen molar-refractivity contribution < 1.29 is 0 Å². The largest absolute Gasteiger partial charge is 0.294 e. The monoisotopic (exact) mass is 362 g/mol. The molecule has 3 rings (SSSR count). The smallest absolute Gasteiger partial charge is 0.0641 e. The summed E-state index contributed by atoms with van der Waals surface area (Å²) in [6.07, 6.45) is 5.91. The molecule has 142 valence electrons. The van der Waals surface area contributed by atoms with Crippen LogP contribution < -0.4 is 0 Å². The highest BCUT2D eigenvalue weighted by molar-refractivity contribution is 5.25. The van der Waals surface area contributed by atoms with Gasteiger partial charge >= 0.3 is 0 Å². The molecule has 0 saturated heterocycles. The van der Waals surface area contributed by atoms with E-state index < -0.39 is 0 Å². The lowest BCUT2D eigenvalue weighted by Gasteiger charge is -2.23. The summed E-state index contributed by atoms with van der Waals surface area (Å²) in [6.45, 7) is 10.4. The summed E-state index contributed by atoms with van der Waals surface area (Å²) in [5, 5.41) is 4.76. The average molecular weight is 363 g/mol. The molecule has 4 heteroatoms. The molecule has 0 fully saturated rings. The zero-order valence-electron chi connectivity index (χ0n) is 16.7. The molecule has 0 aliphatic carbocycles. The topological polar surface area (TPSA) is 34.0 Å². The SMILES string of the molecule is CCCn1nc(C)c(CN(CCc2ccccc2)Cc2ccncc2)c1C. The fourth-order valence-electron chi connectivity index (χ4n) is 3.51. The summed E-state index contributed by atoms with van der Waals surface area (Å²) < 4.78 is 2.16. The zero-order valence-corrected chi connectivity index (χ0v) is 16.7. The Balaban J connectivity index is 1.77. The van der Waals surface area contributed by atoms with E-state index in [9.17, 15) is 0 Å². The van der Waals surface area contributed by atoms with Crippen LogP contribution in [0.5, 0.6) is 0 Å². The number of aryl methyl sites for hydroxylation is 2. The summed E-state index contributed by atoms with van der Waals surface area (Å²) in [7, 11) is 0. The molecule has 27 heavy (non-hydrogen) atoms. The summed E-state index contributed by atoms with van der Waals surface area (Å²) in [5.74, 6) is 0. The second kappa shape index (κ2) is 9.47. The molecule has 4 nitrogen and oxygen atoms in total. The van der Waals surface area contributed by atoms with Crippen LogP contribution in [0.25, 0.3) is 0 Å². The van der Waals surface area contributed by atoms with Gasteiger partial charge in [-0.1, -0.05) is 37.3 Å². The van der Waals surface area contributed by atoms with Crippen molar-refractivity contribution in [2.45, 2.75) is 53.2 Å². The van der Waals surface area contributed by atoms with Gasteiger partial charge in [-0.25, -0.2) is 0 Å². The molecule has 0 atom stereocenters. The molecule has 0 spiro atoms. The maximum absolute atomic E-state index is 4.76. The van der Waals surface area contributed by atoms with Crippen LogP contribution in [-0.2, 0) is 26.1 Å². The number of hydrogen-bond acceptors (Lipinski definition) is 3. The fraction of sp³-hybridized carbons (Fsp3) is 0.391. The highest BCUT2D eigenvalue weighted by atomic mass is 15.3. The normalized spacial score (nSPS) is 11.3. The molecule has 0 N–H and O–H groups in total. The van der Waals surface area contributed by atoms with Crippen molar-refractivity contribution >= 4 is 0 Å². The minimum absolute atomic E-state index is 0.924. The Bertz CT molecular complexity index is 824. The van der Waals surface area contributed by atoms with Crippen molar-refractivity contribution in [3.8, 4) is 0 Å². The molecule has 0 bridgehead atoms. The Kier molecular flexibility index (Phi) is 6.77. The van der Waals surface area contributed by atoms with E-state index in [1.807, 2.05) is 12.4 Å². The van der Waals surface area contributed by atoms with Gasteiger partial charge in [0.05, 0.1) is 5.69 Å². The molecule has 0 saturated carbocycles. The maximum Gasteiger partial charge on any atom is 0.0641 e. The van der Waals surface area contributed by atoms with Gasteiger partial charge < -0.3 is 0 Å². The van der Waals surface area contributed by atoms with Gasteiger partial charge in [0.15, 0.2) is 0 Å². The zero-order chi connectivity index (χ0) is 19.1. The number of rotatable bonds is 9. The number of hydrogen-bond donors (Lipinski definition) is 0. The van der Waals surface area contributed by atoms with Crippen molar-refractivity contribution in [2.75, 3.05) is 6.54 Å². The Morgan fingerprint density at radius 2 is 1.67 bits per heavy atom. The van der Waals surface area contributed by atoms with Crippen molar-refractivity contribution in [1.82, 2.24) is 19.7 Å². The van der Waals surface area contributed by atoms with Gasteiger partial charge in [-0.3, -0.25) is 14.6 Å². The van der Waals surface area contributed by atoms with E-state index in [0.29, 0.717) is 0 Å². The first-order valence-electron chi connectivity index (χ1n) is 9.85. The summed E-state index contributed by atoms with van der Waals surface area (Å²) in [5.41, 5.74) is 6.50. The Hall–Kier alpha value is -2.46. The van der Waals surface area contributed by atoms with Gasteiger partial charge in [0, 0.05) is 49.8 Å². The van der Waals surface area contributed by atoms with E-state index in [2.05, 4.69) is 77.8 Å². The highest BCUT2D eigenvalue weighted by Crippen LogP contribution is 2.18. The number of aromatic nitrogens is 3. The lowest BCUT2D eigenvalue weighted by Crippen LogP contribution is -2.26. The summed E-state index contributed by atoms with van der Waals surface area (Å²) >= 11 is 0. The third-order valence-electron chi connectivity index (χ3n) is 5.06. The van der Waals surface area contributed by atoms with Gasteiger partial charge in [0.25, 0.3) is 0 Å². The second-order valence-corrected chi connectivity index (χ2v) is 7.17. The molecule has 0 aliphatic rings. The fourth-order valence-corrected chi connectivity index (χ4v) is 3.51. The first-order valence-corrected chi connectivity index (χ1v) is 9.85. The minimum atomic E-state index is 0.924. The van der Waals surface area contributed by atoms with Gasteiger partial charge in [-0.2, -0.15) is 5.10 Å². The van der Waals surface area contributed by atoms with E-state index in [1.54, 1.807) is 0 Å². The van der Waals surface area contributed by atoms with Crippen LogP contribution in [-0.4, -0.2) is 26.2 Å². The standard InChI is InChI=1S/C23H30N4/c1-4-15-27-20(3)23(19(2)25-27)18-26(17-22-10-13-24-14-11-22)16-12-21-8-6-5-7-9-21/h5-11,13-14H,4,12,15-18H2,1-3H3. The number of benzene rings is 1. The van der Waals surface area contributed by atoms with Crippen LogP contribution in [0.4, 0.5) is 0 Å². The average Bonchev–Trinajstić information content (AvgIpc) is 2.95. The van der Waals surface area contributed by atoms with Crippen molar-refractivity contribution in [3.63, 3.8) is 0 Å². The van der Waals surface area contributed by atoms with E-state index in [-0.39, 0.29) is 0 Å². The van der Waals surface area contributed by atoms with Crippen LogP contribution in [0, 0.1) is 13.8 Å². The minimum Gasteiger partial charge on any atom is -0.294 e. The van der Waals surface area contributed by atoms with Gasteiger partial charge in [0.2, 0.25) is 0 Å². The summed E-state index contributed by atoms with van der Waals surface area (Å²) in [6, 6.07) is 14.9. The van der Waals surface area contributed by atoms with Gasteiger partial charge in [-0.15, -0.1) is 0 Å².